The van der Waals surface area contributed by atoms with Gasteiger partial charge in [-0.15, -0.1) is 0 Å². The van der Waals surface area contributed by atoms with Crippen LogP contribution in [-0.2, 0) is 26.2 Å². The lowest BCUT2D eigenvalue weighted by molar-refractivity contribution is -0.142. The number of H-pyrrole nitrogens is 1. The molecular weight excluding hydrogens is 404 g/mol. The van der Waals surface area contributed by atoms with E-state index in [1.165, 1.54) is 11.1 Å². The van der Waals surface area contributed by atoms with Crippen molar-refractivity contribution in [3.63, 3.8) is 0 Å². The number of nitrogens with one attached hydrogen (secondary N) is 2. The topological polar surface area (TPSA) is 86.8 Å². The second-order valence-electron chi connectivity index (χ2n) is 9.20. The predicted octanol–water partition coefficient (Wildman–Crippen LogP) is 4.30. The molecule has 3 heterocycles. The third-order valence-corrected chi connectivity index (χ3v) is 6.69. The molecule has 32 heavy (non-hydrogen) atoms. The molecule has 4 rings (SSSR count). The maximum atomic E-state index is 13.2. The van der Waals surface area contributed by atoms with Crippen LogP contribution >= 0.6 is 0 Å². The van der Waals surface area contributed by atoms with Gasteiger partial charge in [-0.3, -0.25) is 15.0 Å². The Kier molecular flexibility index (Phi) is 5.84. The van der Waals surface area contributed by atoms with Crippen molar-refractivity contribution in [1.82, 2.24) is 10.4 Å². The molecule has 0 saturated carbocycles. The molecule has 0 aliphatic carbocycles. The van der Waals surface area contributed by atoms with Crippen molar-refractivity contribution >= 4 is 34.7 Å². The van der Waals surface area contributed by atoms with Crippen LogP contribution in [0.25, 0.3) is 10.9 Å². The molecule has 1 amide bonds. The predicted molar refractivity (Wildman–Crippen MR) is 127 cm³/mol. The SMILES string of the molecule is CCOC(=O)CCN1C(=O)C(C)(C)c2cc3[nH]c4c(c3cc21)CCC/C(C)=C(\C)N/N=C/4. The monoisotopic (exact) mass is 436 g/mol. The number of esters is 1. The van der Waals surface area contributed by atoms with Gasteiger partial charge in [0.15, 0.2) is 0 Å². The lowest BCUT2D eigenvalue weighted by atomic mass is 9.85. The largest absolute Gasteiger partial charge is 0.466 e. The summed E-state index contributed by atoms with van der Waals surface area (Å²) in [6.07, 6.45) is 4.99. The molecule has 0 radical (unpaired) electrons. The second kappa shape index (κ2) is 8.45. The Hall–Kier alpha value is -3.09. The average molecular weight is 437 g/mol. The zero-order valence-corrected chi connectivity index (χ0v) is 19.6. The Bertz CT molecular complexity index is 1140. The molecule has 0 fully saturated rings. The Morgan fingerprint density at radius 1 is 1.25 bits per heavy atom. The number of amides is 1. The van der Waals surface area contributed by atoms with Crippen molar-refractivity contribution in [2.45, 2.75) is 65.7 Å². The summed E-state index contributed by atoms with van der Waals surface area (Å²) in [5.41, 5.74) is 9.96. The molecule has 1 aromatic carbocycles. The minimum absolute atomic E-state index is 0.0163. The third-order valence-electron chi connectivity index (χ3n) is 6.69. The van der Waals surface area contributed by atoms with Crippen LogP contribution in [0.4, 0.5) is 5.69 Å². The molecule has 2 aliphatic heterocycles. The van der Waals surface area contributed by atoms with Gasteiger partial charge in [-0.05, 0) is 77.1 Å². The Balaban J connectivity index is 1.75. The molecule has 2 aromatic rings. The number of nitrogens with zero attached hydrogens (tertiary/aromatic N) is 2. The van der Waals surface area contributed by atoms with Crippen LogP contribution in [0.1, 0.15) is 70.7 Å². The number of carbonyl (C=O) groups is 2. The Morgan fingerprint density at radius 2 is 2.03 bits per heavy atom. The first kappa shape index (κ1) is 22.1. The third kappa shape index (κ3) is 3.80. The first-order chi connectivity index (χ1) is 15.2. The van der Waals surface area contributed by atoms with Gasteiger partial charge in [0.1, 0.15) is 0 Å². The van der Waals surface area contributed by atoms with E-state index in [2.05, 4.69) is 41.5 Å². The fraction of sp³-hybridized carbons (Fsp3) is 0.480. The van der Waals surface area contributed by atoms with Crippen molar-refractivity contribution in [1.29, 1.82) is 0 Å². The van der Waals surface area contributed by atoms with Crippen LogP contribution in [-0.4, -0.2) is 36.2 Å². The fourth-order valence-electron chi connectivity index (χ4n) is 4.64. The van der Waals surface area contributed by atoms with E-state index in [9.17, 15) is 9.59 Å². The summed E-state index contributed by atoms with van der Waals surface area (Å²) >= 11 is 0. The Morgan fingerprint density at radius 3 is 2.78 bits per heavy atom. The molecule has 0 atom stereocenters. The van der Waals surface area contributed by atoms with Crippen LogP contribution < -0.4 is 10.3 Å². The van der Waals surface area contributed by atoms with E-state index in [1.54, 1.807) is 11.8 Å². The van der Waals surface area contributed by atoms with Crippen molar-refractivity contribution < 1.29 is 14.3 Å². The van der Waals surface area contributed by atoms with Gasteiger partial charge in [0.25, 0.3) is 0 Å². The number of fused-ring (bicyclic) bond motifs is 4. The molecule has 0 bridgehead atoms. The van der Waals surface area contributed by atoms with E-state index < -0.39 is 5.41 Å². The number of carbonyl (C=O) groups excluding carboxylic acids is 2. The first-order valence-corrected chi connectivity index (χ1v) is 11.4. The van der Waals surface area contributed by atoms with Crippen LogP contribution in [0.3, 0.4) is 0 Å². The lowest BCUT2D eigenvalue weighted by Crippen LogP contribution is -2.37. The zero-order chi connectivity index (χ0) is 23.0. The summed E-state index contributed by atoms with van der Waals surface area (Å²) < 4.78 is 5.07. The van der Waals surface area contributed by atoms with Crippen LogP contribution in [0, 0.1) is 0 Å². The van der Waals surface area contributed by atoms with Gasteiger partial charge in [0.05, 0.1) is 30.4 Å². The van der Waals surface area contributed by atoms with Gasteiger partial charge in [-0.25, -0.2) is 0 Å². The minimum Gasteiger partial charge on any atom is -0.466 e. The van der Waals surface area contributed by atoms with Gasteiger partial charge in [-0.2, -0.15) is 5.10 Å². The molecule has 7 heteroatoms. The number of ether oxygens (including phenoxy) is 1. The summed E-state index contributed by atoms with van der Waals surface area (Å²) in [5.74, 6) is -0.267. The number of aromatic nitrogens is 1. The van der Waals surface area contributed by atoms with E-state index in [0.717, 1.165) is 52.8 Å². The number of aryl methyl sites for hydroxylation is 1. The van der Waals surface area contributed by atoms with Gasteiger partial charge in [0, 0.05) is 28.8 Å². The minimum atomic E-state index is -0.652. The van der Waals surface area contributed by atoms with Gasteiger partial charge in [-0.1, -0.05) is 5.57 Å². The van der Waals surface area contributed by atoms with E-state index >= 15 is 0 Å². The fourth-order valence-corrected chi connectivity index (χ4v) is 4.64. The maximum Gasteiger partial charge on any atom is 0.307 e. The molecule has 0 unspecified atom stereocenters. The summed E-state index contributed by atoms with van der Waals surface area (Å²) in [7, 11) is 0. The normalized spacial score (nSPS) is 21.2. The average Bonchev–Trinajstić information content (AvgIpc) is 3.17. The molecular formula is C25H32N4O3. The van der Waals surface area contributed by atoms with Gasteiger partial charge < -0.3 is 14.6 Å². The number of rotatable bonds is 4. The number of anilines is 1. The highest BCUT2D eigenvalue weighted by Gasteiger charge is 2.44. The lowest BCUT2D eigenvalue weighted by Gasteiger charge is -2.20. The van der Waals surface area contributed by atoms with E-state index in [1.807, 2.05) is 20.1 Å². The van der Waals surface area contributed by atoms with Crippen molar-refractivity contribution in [2.24, 2.45) is 5.10 Å². The highest BCUT2D eigenvalue weighted by molar-refractivity contribution is 6.10. The highest BCUT2D eigenvalue weighted by atomic mass is 16.5. The highest BCUT2D eigenvalue weighted by Crippen LogP contribution is 2.44. The maximum absolute atomic E-state index is 13.2. The standard InChI is InChI=1S/C25H32N4O3/c1-6-32-23(30)10-11-29-22-12-18-17-9-7-8-15(2)16(3)28-26-14-21(17)27-20(18)13-19(22)25(4,5)24(29)31/h12-14,27-28H,6-11H2,1-5H3/b16-15+,26-14+. The van der Waals surface area contributed by atoms with Crippen LogP contribution in [0.15, 0.2) is 28.5 Å². The van der Waals surface area contributed by atoms with E-state index in [0.29, 0.717) is 13.2 Å². The summed E-state index contributed by atoms with van der Waals surface area (Å²) in [6, 6.07) is 4.20. The first-order valence-electron chi connectivity index (χ1n) is 11.4. The van der Waals surface area contributed by atoms with Gasteiger partial charge >= 0.3 is 5.97 Å². The number of hydrogen-bond acceptors (Lipinski definition) is 5. The summed E-state index contributed by atoms with van der Waals surface area (Å²) in [5, 5.41) is 5.53. The molecule has 1 aromatic heterocycles. The quantitative estimate of drug-likeness (QED) is 0.700. The number of allylic oxidation sites excluding steroid dienone is 2. The molecule has 7 nitrogen and oxygen atoms in total. The Labute approximate surface area is 188 Å². The molecule has 0 saturated heterocycles. The number of hydrazone groups is 1. The number of aromatic amines is 1. The molecule has 170 valence electrons. The van der Waals surface area contributed by atoms with Crippen LogP contribution in [0.2, 0.25) is 0 Å². The second-order valence-corrected chi connectivity index (χ2v) is 9.20. The molecule has 2 aliphatic rings. The van der Waals surface area contributed by atoms with Gasteiger partial charge in [0.2, 0.25) is 5.91 Å². The van der Waals surface area contributed by atoms with Crippen LogP contribution in [0.5, 0.6) is 0 Å². The van der Waals surface area contributed by atoms with Crippen molar-refractivity contribution in [3.8, 4) is 0 Å². The number of hydrogen-bond donors (Lipinski definition) is 2. The van der Waals surface area contributed by atoms with Crippen molar-refractivity contribution in [3.05, 3.63) is 40.2 Å². The van der Waals surface area contributed by atoms with Crippen molar-refractivity contribution in [2.75, 3.05) is 18.1 Å². The number of benzene rings is 1. The summed E-state index contributed by atoms with van der Waals surface area (Å²) in [6.45, 7) is 10.5. The van der Waals surface area contributed by atoms with E-state index in [4.69, 9.17) is 4.74 Å². The smallest absolute Gasteiger partial charge is 0.307 e. The molecule has 0 spiro atoms. The summed E-state index contributed by atoms with van der Waals surface area (Å²) in [4.78, 5) is 30.4. The van der Waals surface area contributed by atoms with E-state index in [-0.39, 0.29) is 18.3 Å². The zero-order valence-electron chi connectivity index (χ0n) is 19.6. The molecule has 2 N–H and O–H groups in total.